The molecule has 0 atom stereocenters. The summed E-state index contributed by atoms with van der Waals surface area (Å²) in [7, 11) is -5.09. The average molecular weight is 160 g/mol. The lowest BCUT2D eigenvalue weighted by molar-refractivity contribution is -0.0563. The highest BCUT2D eigenvalue weighted by Crippen LogP contribution is 2.11. The van der Waals surface area contributed by atoms with Gasteiger partial charge in [0.2, 0.25) is 0 Å². The van der Waals surface area contributed by atoms with E-state index in [4.69, 9.17) is 10.0 Å². The molecule has 0 saturated carbocycles. The minimum absolute atomic E-state index is 2.29. The third kappa shape index (κ3) is 7.95. The van der Waals surface area contributed by atoms with Crippen molar-refractivity contribution in [1.82, 2.24) is 0 Å². The van der Waals surface area contributed by atoms with E-state index >= 15 is 0 Å². The third-order valence-corrected chi connectivity index (χ3v) is 1.19. The smallest absolute Gasteiger partial charge is 0.426 e. The van der Waals surface area contributed by atoms with Crippen LogP contribution in [-0.4, -0.2) is 32.9 Å². The molecule has 0 aromatic carbocycles. The van der Waals surface area contributed by atoms with Gasteiger partial charge in [-0.05, 0) is 0 Å². The summed E-state index contributed by atoms with van der Waals surface area (Å²) in [5.74, 6) is -4.37. The minimum atomic E-state index is -4.37. The van der Waals surface area contributed by atoms with E-state index in [9.17, 15) is 13.2 Å². The molecule has 0 saturated heterocycles. The molecule has 0 radical (unpaired) electrons. The van der Waals surface area contributed by atoms with E-state index in [2.05, 4.69) is 4.34 Å². The maximum Gasteiger partial charge on any atom is 0.622 e. The van der Waals surface area contributed by atoms with Gasteiger partial charge in [-0.2, -0.15) is 13.2 Å². The van der Waals surface area contributed by atoms with Crippen LogP contribution in [0.4, 0.5) is 13.2 Å². The highest BCUT2D eigenvalue weighted by molar-refractivity contribution is 6.46. The monoisotopic (exact) mass is 160 g/mol. The third-order valence-electron chi connectivity index (χ3n) is 0.396. The lowest BCUT2D eigenvalue weighted by Gasteiger charge is -2.04. The van der Waals surface area contributed by atoms with E-state index in [-0.39, 0.29) is 0 Å². The lowest BCUT2D eigenvalue weighted by Crippen LogP contribution is -2.29. The van der Waals surface area contributed by atoms with Gasteiger partial charge in [0.1, 0.15) is 0 Å². The number of halogens is 3. The normalized spacial score (nSPS) is 13.0. The van der Waals surface area contributed by atoms with Crippen LogP contribution in [0, 0.1) is 0 Å². The van der Waals surface area contributed by atoms with E-state index in [0.717, 1.165) is 0 Å². The zero-order valence-electron chi connectivity index (χ0n) is 4.22. The molecule has 0 unspecified atom stereocenters. The Morgan fingerprint density at radius 1 is 1.33 bits per heavy atom. The average Bonchev–Trinajstić information content (AvgIpc) is 1.59. The van der Waals surface area contributed by atoms with Crippen LogP contribution in [0.15, 0.2) is 0 Å². The molecular formula is CH4BF3O3Si. The van der Waals surface area contributed by atoms with Crippen LogP contribution in [0.3, 0.4) is 0 Å². The molecular weight excluding hydrogens is 156 g/mol. The molecule has 0 aliphatic carbocycles. The quantitative estimate of drug-likeness (QED) is 0.487. The number of alkyl halides is 3. The summed E-state index contributed by atoms with van der Waals surface area (Å²) in [5.41, 5.74) is 0. The molecule has 0 aliphatic rings. The summed E-state index contributed by atoms with van der Waals surface area (Å²) in [5, 5.41) is 15.6. The minimum Gasteiger partial charge on any atom is -0.426 e. The Labute approximate surface area is 51.6 Å². The van der Waals surface area contributed by atoms with Gasteiger partial charge >= 0.3 is 13.1 Å². The van der Waals surface area contributed by atoms with Crippen LogP contribution in [0.1, 0.15) is 0 Å². The molecule has 0 spiro atoms. The first-order valence-corrected chi connectivity index (χ1v) is 3.25. The van der Waals surface area contributed by atoms with Gasteiger partial charge in [0.25, 0.3) is 9.76 Å². The maximum absolute atomic E-state index is 11.1. The van der Waals surface area contributed by atoms with Crippen molar-refractivity contribution in [2.24, 2.45) is 0 Å². The van der Waals surface area contributed by atoms with Crippen molar-refractivity contribution in [2.75, 3.05) is 0 Å². The van der Waals surface area contributed by atoms with Crippen LogP contribution < -0.4 is 0 Å². The topological polar surface area (TPSA) is 49.7 Å². The zero-order chi connectivity index (χ0) is 7.49. The van der Waals surface area contributed by atoms with Gasteiger partial charge in [-0.15, -0.1) is 0 Å². The number of rotatable bonds is 2. The Kier molecular flexibility index (Phi) is 3.19. The Morgan fingerprint density at radius 2 is 1.78 bits per heavy atom. The summed E-state index contributed by atoms with van der Waals surface area (Å²) in [4.78, 5) is 0. The van der Waals surface area contributed by atoms with Crippen molar-refractivity contribution in [3.05, 3.63) is 0 Å². The summed E-state index contributed by atoms with van der Waals surface area (Å²) in [6.45, 7) is 0. The van der Waals surface area contributed by atoms with E-state index in [1.165, 1.54) is 0 Å². The van der Waals surface area contributed by atoms with Gasteiger partial charge in [0.05, 0.1) is 0 Å². The summed E-state index contributed by atoms with van der Waals surface area (Å²) >= 11 is 0. The SMILES string of the molecule is OB(O)O[SiH2]C(F)(F)F. The number of hydrogen-bond donors (Lipinski definition) is 2. The molecule has 3 nitrogen and oxygen atoms in total. The Bertz CT molecular complexity index is 83.6. The Balaban J connectivity index is 3.28. The molecule has 2 N–H and O–H groups in total. The fourth-order valence-corrected chi connectivity index (χ4v) is 0.507. The second kappa shape index (κ2) is 3.20. The summed E-state index contributed by atoms with van der Waals surface area (Å²) in [6.07, 6.45) is 0. The van der Waals surface area contributed by atoms with E-state index < -0.39 is 22.9 Å². The molecule has 0 bridgehead atoms. The summed E-state index contributed by atoms with van der Waals surface area (Å²) < 4.78 is 36.9. The van der Waals surface area contributed by atoms with Crippen molar-refractivity contribution in [2.45, 2.75) is 5.80 Å². The molecule has 0 aromatic rings. The second-order valence-electron chi connectivity index (χ2n) is 1.25. The van der Waals surface area contributed by atoms with Crippen molar-refractivity contribution in [3.8, 4) is 0 Å². The van der Waals surface area contributed by atoms with E-state index in [0.29, 0.717) is 0 Å². The van der Waals surface area contributed by atoms with Gasteiger partial charge in [0.15, 0.2) is 0 Å². The zero-order valence-corrected chi connectivity index (χ0v) is 5.64. The standard InChI is InChI=1S/CH4BF3O3Si/c3-1(4,5)9-8-2(6)7/h6-7H,9H2. The predicted octanol–water partition coefficient (Wildman–Crippen LogP) is -1.42. The van der Waals surface area contributed by atoms with Gasteiger partial charge in [-0.1, -0.05) is 0 Å². The first kappa shape index (κ1) is 8.95. The van der Waals surface area contributed by atoms with Crippen molar-refractivity contribution >= 4 is 17.1 Å². The van der Waals surface area contributed by atoms with Crippen LogP contribution in [0.5, 0.6) is 0 Å². The first-order chi connectivity index (χ1) is 3.92. The highest BCUT2D eigenvalue weighted by Gasteiger charge is 2.30. The lowest BCUT2D eigenvalue weighted by atomic mass is 10.3. The second-order valence-corrected chi connectivity index (χ2v) is 2.68. The van der Waals surface area contributed by atoms with Crippen LogP contribution in [0.2, 0.25) is 0 Å². The largest absolute Gasteiger partial charge is 0.622 e. The van der Waals surface area contributed by atoms with Crippen LogP contribution >= 0.6 is 0 Å². The molecule has 0 aliphatic heterocycles. The fourth-order valence-electron chi connectivity index (χ4n) is 0.169. The van der Waals surface area contributed by atoms with Gasteiger partial charge in [-0.25, -0.2) is 0 Å². The Hall–Kier alpha value is -0.0482. The van der Waals surface area contributed by atoms with Crippen molar-refractivity contribution in [1.29, 1.82) is 0 Å². The fraction of sp³-hybridized carbons (Fsp3) is 1.00. The van der Waals surface area contributed by atoms with E-state index in [1.54, 1.807) is 0 Å². The van der Waals surface area contributed by atoms with Crippen LogP contribution in [-0.2, 0) is 4.34 Å². The van der Waals surface area contributed by atoms with Crippen LogP contribution in [0.25, 0.3) is 0 Å². The molecule has 9 heavy (non-hydrogen) atoms. The van der Waals surface area contributed by atoms with Gasteiger partial charge in [0, 0.05) is 0 Å². The summed E-state index contributed by atoms with van der Waals surface area (Å²) in [6, 6.07) is 0. The molecule has 0 rings (SSSR count). The molecule has 0 aromatic heterocycles. The highest BCUT2D eigenvalue weighted by atomic mass is 28.2. The molecule has 54 valence electrons. The van der Waals surface area contributed by atoms with Crippen molar-refractivity contribution < 1.29 is 27.6 Å². The molecule has 0 fully saturated rings. The van der Waals surface area contributed by atoms with Gasteiger partial charge < -0.3 is 14.4 Å². The number of hydrogen-bond acceptors (Lipinski definition) is 3. The molecule has 0 amide bonds. The maximum atomic E-state index is 11.1. The molecule has 0 heterocycles. The molecule has 8 heteroatoms. The first-order valence-electron chi connectivity index (χ1n) is 1.96. The van der Waals surface area contributed by atoms with Gasteiger partial charge in [-0.3, -0.25) is 0 Å². The Morgan fingerprint density at radius 3 is 1.89 bits per heavy atom. The van der Waals surface area contributed by atoms with Crippen molar-refractivity contribution in [3.63, 3.8) is 0 Å². The predicted molar refractivity (Wildman–Crippen MR) is 25.9 cm³/mol. The van der Waals surface area contributed by atoms with E-state index in [1.807, 2.05) is 0 Å².